The molecule has 56 valence electrons. The summed E-state index contributed by atoms with van der Waals surface area (Å²) in [5.41, 5.74) is 4.07. The van der Waals surface area contributed by atoms with Gasteiger partial charge in [-0.15, -0.1) is 0 Å². The Balaban J connectivity index is 2.55. The molecular weight excluding hydrogens is 132 g/mol. The van der Waals surface area contributed by atoms with Gasteiger partial charge in [-0.3, -0.25) is 0 Å². The van der Waals surface area contributed by atoms with Crippen LogP contribution in [-0.4, -0.2) is 29.6 Å². The van der Waals surface area contributed by atoms with Crippen LogP contribution in [0.25, 0.3) is 0 Å². The van der Waals surface area contributed by atoms with Crippen molar-refractivity contribution in [2.45, 2.75) is 5.60 Å². The van der Waals surface area contributed by atoms with E-state index in [0.717, 1.165) is 0 Å². The summed E-state index contributed by atoms with van der Waals surface area (Å²) in [5.74, 6) is 0. The van der Waals surface area contributed by atoms with Gasteiger partial charge in [-0.1, -0.05) is 0 Å². The van der Waals surface area contributed by atoms with Crippen LogP contribution < -0.4 is 5.73 Å². The smallest absolute Gasteiger partial charge is 0.152 e. The molecule has 0 aromatic carbocycles. The Labute approximate surface area is 58.8 Å². The Kier molecular flexibility index (Phi) is 1.74. The third kappa shape index (κ3) is 1.03. The maximum absolute atomic E-state index is 9.35. The van der Waals surface area contributed by atoms with Crippen LogP contribution in [0.2, 0.25) is 0 Å². The maximum Gasteiger partial charge on any atom is 0.152 e. The highest BCUT2D eigenvalue weighted by molar-refractivity contribution is 5.99. The van der Waals surface area contributed by atoms with Gasteiger partial charge in [-0.2, -0.15) is 0 Å². The molecule has 1 rings (SSSR count). The second kappa shape index (κ2) is 2.40. The molecule has 0 amide bonds. The highest BCUT2D eigenvalue weighted by atomic mass is 16.5. The van der Waals surface area contributed by atoms with Gasteiger partial charge in [-0.05, 0) is 12.3 Å². The number of aliphatic hydroxyl groups is 1. The number of hydrogen-bond acceptors (Lipinski definition) is 4. The minimum absolute atomic E-state index is 0.112. The number of nitrogens with one attached hydrogen (secondary N) is 1. The van der Waals surface area contributed by atoms with Gasteiger partial charge in [0, 0.05) is 0 Å². The van der Waals surface area contributed by atoms with Crippen LogP contribution in [0.3, 0.4) is 0 Å². The van der Waals surface area contributed by atoms with E-state index >= 15 is 0 Å². The number of ether oxygens (including phenoxy) is 1. The molecule has 0 bridgehead atoms. The van der Waals surface area contributed by atoms with E-state index in [-0.39, 0.29) is 18.9 Å². The standard InChI is InChI=1S/C6H10N2O2/c7-2-1-5(8)6(9)3-10-4-6/h1-2,8-9H,3-4,7H2/b2-1-,8-5?. The summed E-state index contributed by atoms with van der Waals surface area (Å²) < 4.78 is 4.74. The Morgan fingerprint density at radius 1 is 1.70 bits per heavy atom. The second-order valence-electron chi connectivity index (χ2n) is 2.30. The van der Waals surface area contributed by atoms with E-state index in [4.69, 9.17) is 15.9 Å². The van der Waals surface area contributed by atoms with Crippen molar-refractivity contribution in [3.8, 4) is 0 Å². The van der Waals surface area contributed by atoms with Crippen LogP contribution in [-0.2, 0) is 4.74 Å². The first-order chi connectivity index (χ1) is 4.69. The Bertz CT molecular complexity index is 173. The Morgan fingerprint density at radius 2 is 2.30 bits per heavy atom. The highest BCUT2D eigenvalue weighted by Crippen LogP contribution is 2.17. The SMILES string of the molecule is N=C(/C=C\N)C1(O)COC1. The minimum Gasteiger partial charge on any atom is -0.405 e. The average Bonchev–Trinajstić information content (AvgIpc) is 1.83. The summed E-state index contributed by atoms with van der Waals surface area (Å²) in [7, 11) is 0. The molecule has 4 N–H and O–H groups in total. The fourth-order valence-corrected chi connectivity index (χ4v) is 0.702. The second-order valence-corrected chi connectivity index (χ2v) is 2.30. The zero-order valence-corrected chi connectivity index (χ0v) is 5.50. The molecule has 0 atom stereocenters. The van der Waals surface area contributed by atoms with Crippen molar-refractivity contribution in [1.29, 1.82) is 5.41 Å². The topological polar surface area (TPSA) is 79.3 Å². The fraction of sp³-hybridized carbons (Fsp3) is 0.500. The molecule has 0 spiro atoms. The van der Waals surface area contributed by atoms with E-state index in [1.807, 2.05) is 0 Å². The van der Waals surface area contributed by atoms with Crippen molar-refractivity contribution in [2.24, 2.45) is 5.73 Å². The van der Waals surface area contributed by atoms with E-state index in [1.165, 1.54) is 12.3 Å². The quantitative estimate of drug-likeness (QED) is 0.443. The largest absolute Gasteiger partial charge is 0.405 e. The van der Waals surface area contributed by atoms with Crippen LogP contribution in [0.4, 0.5) is 0 Å². The van der Waals surface area contributed by atoms with Crippen molar-refractivity contribution in [3.63, 3.8) is 0 Å². The molecule has 1 aliphatic heterocycles. The lowest BCUT2D eigenvalue weighted by Gasteiger charge is -2.35. The predicted molar refractivity (Wildman–Crippen MR) is 36.8 cm³/mol. The van der Waals surface area contributed by atoms with Crippen molar-refractivity contribution in [3.05, 3.63) is 12.3 Å². The summed E-state index contributed by atoms with van der Waals surface area (Å²) in [4.78, 5) is 0. The lowest BCUT2D eigenvalue weighted by atomic mass is 9.96. The molecule has 1 aliphatic rings. The first-order valence-corrected chi connectivity index (χ1v) is 2.96. The van der Waals surface area contributed by atoms with Gasteiger partial charge in [0.1, 0.15) is 0 Å². The van der Waals surface area contributed by atoms with Gasteiger partial charge in [0.25, 0.3) is 0 Å². The molecule has 1 fully saturated rings. The lowest BCUT2D eigenvalue weighted by Crippen LogP contribution is -2.55. The van der Waals surface area contributed by atoms with Crippen LogP contribution in [0.1, 0.15) is 0 Å². The monoisotopic (exact) mass is 142 g/mol. The van der Waals surface area contributed by atoms with Crippen LogP contribution >= 0.6 is 0 Å². The summed E-state index contributed by atoms with van der Waals surface area (Å²) >= 11 is 0. The predicted octanol–water partition coefficient (Wildman–Crippen LogP) is -0.760. The molecule has 1 saturated heterocycles. The normalized spacial score (nSPS) is 22.5. The molecule has 0 aromatic rings. The molecule has 0 radical (unpaired) electrons. The molecule has 0 aromatic heterocycles. The molecule has 1 heterocycles. The van der Waals surface area contributed by atoms with Gasteiger partial charge in [0.05, 0.1) is 18.9 Å². The van der Waals surface area contributed by atoms with Gasteiger partial charge in [-0.25, -0.2) is 0 Å². The minimum atomic E-state index is -1.07. The first-order valence-electron chi connectivity index (χ1n) is 2.96. The Morgan fingerprint density at radius 3 is 2.60 bits per heavy atom. The fourth-order valence-electron chi connectivity index (χ4n) is 0.702. The zero-order chi connectivity index (χ0) is 7.61. The molecule has 4 nitrogen and oxygen atoms in total. The van der Waals surface area contributed by atoms with Gasteiger partial charge in [0.15, 0.2) is 5.60 Å². The van der Waals surface area contributed by atoms with Crippen molar-refractivity contribution in [1.82, 2.24) is 0 Å². The molecule has 4 heteroatoms. The summed E-state index contributed by atoms with van der Waals surface area (Å²) in [6, 6.07) is 0. The van der Waals surface area contributed by atoms with E-state index in [2.05, 4.69) is 0 Å². The summed E-state index contributed by atoms with van der Waals surface area (Å²) in [5, 5.41) is 16.6. The lowest BCUT2D eigenvalue weighted by molar-refractivity contribution is -0.133. The van der Waals surface area contributed by atoms with Crippen molar-refractivity contribution < 1.29 is 9.84 Å². The molecule has 0 aliphatic carbocycles. The number of nitrogens with two attached hydrogens (primary N) is 1. The number of hydrogen-bond donors (Lipinski definition) is 3. The van der Waals surface area contributed by atoms with Gasteiger partial charge in [0.2, 0.25) is 0 Å². The van der Waals surface area contributed by atoms with Crippen LogP contribution in [0.5, 0.6) is 0 Å². The highest BCUT2D eigenvalue weighted by Gasteiger charge is 2.39. The summed E-state index contributed by atoms with van der Waals surface area (Å²) in [6.45, 7) is 0.409. The van der Waals surface area contributed by atoms with E-state index < -0.39 is 5.60 Å². The van der Waals surface area contributed by atoms with Crippen LogP contribution in [0.15, 0.2) is 12.3 Å². The molecule has 10 heavy (non-hydrogen) atoms. The third-order valence-electron chi connectivity index (χ3n) is 1.45. The van der Waals surface area contributed by atoms with E-state index in [0.29, 0.717) is 0 Å². The van der Waals surface area contributed by atoms with E-state index in [1.54, 1.807) is 0 Å². The van der Waals surface area contributed by atoms with E-state index in [9.17, 15) is 5.11 Å². The Hall–Kier alpha value is -0.870. The summed E-state index contributed by atoms with van der Waals surface area (Å²) in [6.07, 6.45) is 2.60. The molecule has 0 saturated carbocycles. The third-order valence-corrected chi connectivity index (χ3v) is 1.45. The maximum atomic E-state index is 9.35. The zero-order valence-electron chi connectivity index (χ0n) is 5.50. The van der Waals surface area contributed by atoms with Crippen molar-refractivity contribution >= 4 is 5.71 Å². The van der Waals surface area contributed by atoms with Crippen molar-refractivity contribution in [2.75, 3.05) is 13.2 Å². The molecular formula is C6H10N2O2. The first kappa shape index (κ1) is 7.24. The van der Waals surface area contributed by atoms with Crippen LogP contribution in [0, 0.1) is 5.41 Å². The van der Waals surface area contributed by atoms with Gasteiger partial charge < -0.3 is 21.0 Å². The average molecular weight is 142 g/mol. The molecule has 0 unspecified atom stereocenters. The number of rotatable bonds is 2. The van der Waals surface area contributed by atoms with Gasteiger partial charge >= 0.3 is 0 Å².